The lowest BCUT2D eigenvalue weighted by atomic mass is 10.2. The van der Waals surface area contributed by atoms with Gasteiger partial charge in [-0.25, -0.2) is 14.8 Å². The highest BCUT2D eigenvalue weighted by atomic mass is 16.6. The van der Waals surface area contributed by atoms with Crippen LogP contribution in [0.1, 0.15) is 27.7 Å². The average molecular weight is 188 g/mol. The normalized spacial score (nSPS) is 11.6. The first-order chi connectivity index (χ1) is 5.78. The zero-order valence-electron chi connectivity index (χ0n) is 9.42. The Morgan fingerprint density at radius 2 is 1.77 bits per heavy atom. The summed E-state index contributed by atoms with van der Waals surface area (Å²) >= 11 is 0. The Labute approximate surface area is 80.4 Å². The number of amides is 1. The molecule has 78 valence electrons. The monoisotopic (exact) mass is 188 g/mol. The lowest BCUT2D eigenvalue weighted by Gasteiger charge is -2.30. The van der Waals surface area contributed by atoms with E-state index in [1.807, 2.05) is 41.8 Å². The van der Waals surface area contributed by atoms with E-state index in [4.69, 9.17) is 4.74 Å². The molecule has 0 aromatic rings. The van der Waals surface area contributed by atoms with Gasteiger partial charge in [0.1, 0.15) is 5.60 Å². The predicted molar refractivity (Wildman–Crippen MR) is 52.3 cm³/mol. The van der Waals surface area contributed by atoms with Gasteiger partial charge in [0.2, 0.25) is 0 Å². The Morgan fingerprint density at radius 1 is 1.31 bits per heavy atom. The van der Waals surface area contributed by atoms with Crippen LogP contribution in [0.5, 0.6) is 0 Å². The highest BCUT2D eigenvalue weighted by molar-refractivity contribution is 5.67. The highest BCUT2D eigenvalue weighted by Gasteiger charge is 2.21. The SMILES string of the molecule is CCN(C(=O)OC(C)(C)C)N(C)C. The van der Waals surface area contributed by atoms with Crippen molar-refractivity contribution in [1.82, 2.24) is 10.0 Å². The predicted octanol–water partition coefficient (Wildman–Crippen LogP) is 1.72. The number of rotatable bonds is 2. The molecule has 0 N–H and O–H groups in total. The molecule has 4 heteroatoms. The molecular formula is C9H20N2O2. The molecule has 0 rings (SSSR count). The maximum absolute atomic E-state index is 11.5. The standard InChI is InChI=1S/C9H20N2O2/c1-7-11(10(5)6)8(12)13-9(2,3)4/h7H2,1-6H3. The third kappa shape index (κ3) is 4.72. The summed E-state index contributed by atoms with van der Waals surface area (Å²) in [6, 6.07) is 0. The quantitative estimate of drug-likeness (QED) is 0.618. The fourth-order valence-corrected chi connectivity index (χ4v) is 0.890. The number of carbonyl (C=O) groups is 1. The van der Waals surface area contributed by atoms with Gasteiger partial charge < -0.3 is 4.74 Å². The van der Waals surface area contributed by atoms with Crippen molar-refractivity contribution in [2.24, 2.45) is 0 Å². The molecule has 0 aromatic carbocycles. The molecule has 0 saturated carbocycles. The van der Waals surface area contributed by atoms with Crippen LogP contribution in [0.25, 0.3) is 0 Å². The van der Waals surface area contributed by atoms with Crippen LogP contribution in [-0.4, -0.2) is 42.4 Å². The van der Waals surface area contributed by atoms with Gasteiger partial charge in [-0.2, -0.15) is 0 Å². The summed E-state index contributed by atoms with van der Waals surface area (Å²) < 4.78 is 5.20. The minimum atomic E-state index is -0.430. The van der Waals surface area contributed by atoms with Crippen LogP contribution >= 0.6 is 0 Å². The maximum Gasteiger partial charge on any atom is 0.424 e. The van der Waals surface area contributed by atoms with Gasteiger partial charge in [-0.05, 0) is 27.7 Å². The third-order valence-corrected chi connectivity index (χ3v) is 1.39. The summed E-state index contributed by atoms with van der Waals surface area (Å²) in [4.78, 5) is 11.5. The van der Waals surface area contributed by atoms with Gasteiger partial charge in [0.15, 0.2) is 0 Å². The van der Waals surface area contributed by atoms with Gasteiger partial charge >= 0.3 is 6.09 Å². The van der Waals surface area contributed by atoms with Crippen molar-refractivity contribution in [2.45, 2.75) is 33.3 Å². The van der Waals surface area contributed by atoms with Crippen molar-refractivity contribution in [3.05, 3.63) is 0 Å². The van der Waals surface area contributed by atoms with E-state index < -0.39 is 5.60 Å². The number of hydrazine groups is 1. The molecule has 13 heavy (non-hydrogen) atoms. The first kappa shape index (κ1) is 12.2. The second kappa shape index (κ2) is 4.46. The van der Waals surface area contributed by atoms with Crippen LogP contribution in [0.15, 0.2) is 0 Å². The number of carbonyl (C=O) groups excluding carboxylic acids is 1. The van der Waals surface area contributed by atoms with E-state index in [-0.39, 0.29) is 6.09 Å². The fraction of sp³-hybridized carbons (Fsp3) is 0.889. The summed E-state index contributed by atoms with van der Waals surface area (Å²) in [7, 11) is 3.63. The van der Waals surface area contributed by atoms with Gasteiger partial charge in [0.05, 0.1) is 0 Å². The van der Waals surface area contributed by atoms with Crippen molar-refractivity contribution in [1.29, 1.82) is 0 Å². The molecule has 0 saturated heterocycles. The zero-order valence-corrected chi connectivity index (χ0v) is 9.42. The lowest BCUT2D eigenvalue weighted by molar-refractivity contribution is -0.0258. The van der Waals surface area contributed by atoms with E-state index >= 15 is 0 Å². The molecule has 0 aliphatic heterocycles. The van der Waals surface area contributed by atoms with E-state index in [2.05, 4.69) is 0 Å². The molecule has 0 unspecified atom stereocenters. The molecule has 0 atom stereocenters. The van der Waals surface area contributed by atoms with Crippen molar-refractivity contribution < 1.29 is 9.53 Å². The van der Waals surface area contributed by atoms with Crippen molar-refractivity contribution in [3.63, 3.8) is 0 Å². The Bertz CT molecular complexity index is 173. The van der Waals surface area contributed by atoms with Crippen LogP contribution in [-0.2, 0) is 4.74 Å². The molecule has 0 radical (unpaired) electrons. The van der Waals surface area contributed by atoms with Crippen LogP contribution in [0.3, 0.4) is 0 Å². The Hall–Kier alpha value is -0.770. The lowest BCUT2D eigenvalue weighted by Crippen LogP contribution is -2.44. The van der Waals surface area contributed by atoms with Crippen molar-refractivity contribution >= 4 is 6.09 Å². The molecule has 0 heterocycles. The van der Waals surface area contributed by atoms with E-state index in [1.165, 1.54) is 5.01 Å². The van der Waals surface area contributed by atoms with Crippen molar-refractivity contribution in [2.75, 3.05) is 20.6 Å². The molecule has 1 amide bonds. The highest BCUT2D eigenvalue weighted by Crippen LogP contribution is 2.09. The number of ether oxygens (including phenoxy) is 1. The number of hydrogen-bond acceptors (Lipinski definition) is 3. The van der Waals surface area contributed by atoms with Crippen LogP contribution in [0, 0.1) is 0 Å². The van der Waals surface area contributed by atoms with Gasteiger partial charge in [-0.15, -0.1) is 0 Å². The largest absolute Gasteiger partial charge is 0.443 e. The van der Waals surface area contributed by atoms with E-state index in [1.54, 1.807) is 5.01 Å². The molecule has 0 aliphatic rings. The topological polar surface area (TPSA) is 32.8 Å². The van der Waals surface area contributed by atoms with Gasteiger partial charge in [0.25, 0.3) is 0 Å². The first-order valence-electron chi connectivity index (χ1n) is 4.45. The Kier molecular flexibility index (Phi) is 4.20. The maximum atomic E-state index is 11.5. The Balaban J connectivity index is 4.23. The first-order valence-corrected chi connectivity index (χ1v) is 4.45. The molecule has 4 nitrogen and oxygen atoms in total. The summed E-state index contributed by atoms with van der Waals surface area (Å²) in [5.41, 5.74) is -0.430. The van der Waals surface area contributed by atoms with E-state index in [0.29, 0.717) is 6.54 Å². The summed E-state index contributed by atoms with van der Waals surface area (Å²) in [6.45, 7) is 8.09. The third-order valence-electron chi connectivity index (χ3n) is 1.39. The summed E-state index contributed by atoms with van der Waals surface area (Å²) in [6.07, 6.45) is -0.306. The summed E-state index contributed by atoms with van der Waals surface area (Å²) in [5.74, 6) is 0. The van der Waals surface area contributed by atoms with E-state index in [0.717, 1.165) is 0 Å². The second-order valence-electron chi connectivity index (χ2n) is 4.04. The molecule has 0 spiro atoms. The van der Waals surface area contributed by atoms with Gasteiger partial charge in [0, 0.05) is 20.6 Å². The Morgan fingerprint density at radius 3 is 2.00 bits per heavy atom. The van der Waals surface area contributed by atoms with E-state index in [9.17, 15) is 4.79 Å². The summed E-state index contributed by atoms with van der Waals surface area (Å²) in [5, 5.41) is 3.25. The zero-order chi connectivity index (χ0) is 10.6. The minimum Gasteiger partial charge on any atom is -0.443 e. The average Bonchev–Trinajstić information content (AvgIpc) is 1.82. The molecule has 0 bridgehead atoms. The molecule has 0 aromatic heterocycles. The van der Waals surface area contributed by atoms with Crippen molar-refractivity contribution in [3.8, 4) is 0 Å². The molecule has 0 aliphatic carbocycles. The number of hydrogen-bond donors (Lipinski definition) is 0. The van der Waals surface area contributed by atoms with Gasteiger partial charge in [-0.1, -0.05) is 0 Å². The van der Waals surface area contributed by atoms with Crippen LogP contribution < -0.4 is 0 Å². The second-order valence-corrected chi connectivity index (χ2v) is 4.04. The number of nitrogens with zero attached hydrogens (tertiary/aromatic N) is 2. The van der Waals surface area contributed by atoms with Gasteiger partial charge in [-0.3, -0.25) is 0 Å². The smallest absolute Gasteiger partial charge is 0.424 e. The minimum absolute atomic E-state index is 0.306. The fourth-order valence-electron chi connectivity index (χ4n) is 0.890. The molecule has 0 fully saturated rings. The molecular weight excluding hydrogens is 168 g/mol. The van der Waals surface area contributed by atoms with Crippen LogP contribution in [0.2, 0.25) is 0 Å². The van der Waals surface area contributed by atoms with Crippen LogP contribution in [0.4, 0.5) is 4.79 Å².